The molecule has 0 N–H and O–H groups in total. The highest BCUT2D eigenvalue weighted by Crippen LogP contribution is 2.33. The zero-order valence-corrected chi connectivity index (χ0v) is 14.9. The third-order valence-corrected chi connectivity index (χ3v) is 6.95. The van der Waals surface area contributed by atoms with Gasteiger partial charge in [0, 0.05) is 18.7 Å². The number of piperidine rings is 1. The summed E-state index contributed by atoms with van der Waals surface area (Å²) in [4.78, 5) is 14.4. The van der Waals surface area contributed by atoms with Gasteiger partial charge < -0.3 is 18.8 Å². The number of nitrogens with zero attached hydrogens (tertiary/aromatic N) is 1. The van der Waals surface area contributed by atoms with Gasteiger partial charge in [0.1, 0.15) is 11.5 Å². The van der Waals surface area contributed by atoms with Crippen LogP contribution in [0.5, 0.6) is 11.5 Å². The molecule has 1 amide bonds. The van der Waals surface area contributed by atoms with Crippen molar-refractivity contribution in [2.45, 2.75) is 23.8 Å². The topological polar surface area (TPSA) is 86.0 Å². The highest BCUT2D eigenvalue weighted by atomic mass is 32.2. The number of carbonyl (C=O) groups excluding carboxylic acids is 1. The normalized spacial score (nSPS) is 17.5. The van der Waals surface area contributed by atoms with Crippen LogP contribution in [0.2, 0.25) is 0 Å². The van der Waals surface area contributed by atoms with Crippen LogP contribution in [0.1, 0.15) is 29.0 Å². The molecule has 2 aromatic rings. The highest BCUT2D eigenvalue weighted by molar-refractivity contribution is 7.91. The van der Waals surface area contributed by atoms with Crippen LogP contribution in [0.4, 0.5) is 0 Å². The molecule has 1 saturated heterocycles. The summed E-state index contributed by atoms with van der Waals surface area (Å²) in [6.07, 6.45) is 2.33. The Bertz CT molecular complexity index is 898. The van der Waals surface area contributed by atoms with Gasteiger partial charge in [0.05, 0.1) is 11.5 Å². The third kappa shape index (κ3) is 3.29. The number of rotatable bonds is 4. The van der Waals surface area contributed by atoms with Gasteiger partial charge in [-0.25, -0.2) is 8.42 Å². The zero-order chi connectivity index (χ0) is 18.1. The molecule has 0 spiro atoms. The Balaban J connectivity index is 1.39. The molecule has 1 aromatic heterocycles. The predicted molar refractivity (Wildman–Crippen MR) is 92.8 cm³/mol. The minimum absolute atomic E-state index is 0.0965. The van der Waals surface area contributed by atoms with E-state index in [-0.39, 0.29) is 18.5 Å². The Labute approximate surface area is 151 Å². The number of hydrogen-bond donors (Lipinski definition) is 0. The van der Waals surface area contributed by atoms with Gasteiger partial charge in [0.25, 0.3) is 5.91 Å². The van der Waals surface area contributed by atoms with E-state index in [0.29, 0.717) is 48.8 Å². The number of likely N-dealkylation sites (tertiary alicyclic amines) is 1. The van der Waals surface area contributed by atoms with E-state index >= 15 is 0 Å². The van der Waals surface area contributed by atoms with Crippen LogP contribution in [0, 0.1) is 0 Å². The van der Waals surface area contributed by atoms with Gasteiger partial charge in [0.15, 0.2) is 21.3 Å². The van der Waals surface area contributed by atoms with Crippen LogP contribution in [0.3, 0.4) is 0 Å². The van der Waals surface area contributed by atoms with Gasteiger partial charge >= 0.3 is 0 Å². The second kappa shape index (κ2) is 6.68. The molecular formula is C18H19NO6S. The van der Waals surface area contributed by atoms with Gasteiger partial charge in [-0.15, -0.1) is 0 Å². The Kier molecular flexibility index (Phi) is 4.36. The predicted octanol–water partition coefficient (Wildman–Crippen LogP) is 2.23. The first kappa shape index (κ1) is 17.0. The smallest absolute Gasteiger partial charge is 0.253 e. The Morgan fingerprint density at radius 2 is 1.88 bits per heavy atom. The quantitative estimate of drug-likeness (QED) is 0.812. The summed E-state index contributed by atoms with van der Waals surface area (Å²) in [5.41, 5.74) is 0.520. The molecule has 0 unspecified atom stereocenters. The second-order valence-electron chi connectivity index (χ2n) is 6.45. The van der Waals surface area contributed by atoms with Crippen LogP contribution in [-0.2, 0) is 15.6 Å². The average Bonchev–Trinajstić information content (AvgIpc) is 3.31. The van der Waals surface area contributed by atoms with E-state index in [9.17, 15) is 13.2 Å². The lowest BCUT2D eigenvalue weighted by atomic mass is 10.1. The maximum atomic E-state index is 12.7. The van der Waals surface area contributed by atoms with Gasteiger partial charge in [-0.2, -0.15) is 0 Å². The second-order valence-corrected chi connectivity index (χ2v) is 8.73. The van der Waals surface area contributed by atoms with Crippen molar-refractivity contribution >= 4 is 15.7 Å². The first-order valence-corrected chi connectivity index (χ1v) is 10.2. The first-order chi connectivity index (χ1) is 12.5. The van der Waals surface area contributed by atoms with E-state index in [2.05, 4.69) is 0 Å². The first-order valence-electron chi connectivity index (χ1n) is 8.46. The van der Waals surface area contributed by atoms with Crippen molar-refractivity contribution in [2.24, 2.45) is 0 Å². The lowest BCUT2D eigenvalue weighted by molar-refractivity contribution is 0.0725. The zero-order valence-electron chi connectivity index (χ0n) is 14.1. The lowest BCUT2D eigenvalue weighted by Gasteiger charge is -2.31. The third-order valence-electron chi connectivity index (χ3n) is 4.78. The van der Waals surface area contributed by atoms with Crippen molar-refractivity contribution in [3.63, 3.8) is 0 Å². The maximum Gasteiger partial charge on any atom is 0.253 e. The molecule has 0 bridgehead atoms. The molecule has 4 rings (SSSR count). The summed E-state index contributed by atoms with van der Waals surface area (Å²) in [5, 5.41) is -0.451. The Hall–Kier alpha value is -2.48. The Morgan fingerprint density at radius 3 is 2.62 bits per heavy atom. The molecule has 1 fully saturated rings. The number of furan rings is 1. The van der Waals surface area contributed by atoms with Gasteiger partial charge in [-0.05, 0) is 43.2 Å². The summed E-state index contributed by atoms with van der Waals surface area (Å²) in [5.74, 6) is 1.42. The molecule has 1 aromatic carbocycles. The Morgan fingerprint density at radius 1 is 1.12 bits per heavy atom. The van der Waals surface area contributed by atoms with E-state index in [1.807, 2.05) is 0 Å². The van der Waals surface area contributed by atoms with Crippen molar-refractivity contribution in [1.29, 1.82) is 0 Å². The van der Waals surface area contributed by atoms with Crippen molar-refractivity contribution < 1.29 is 27.1 Å². The molecule has 138 valence electrons. The summed E-state index contributed by atoms with van der Waals surface area (Å²) in [6, 6.07) is 8.43. The number of hydrogen-bond acceptors (Lipinski definition) is 6. The van der Waals surface area contributed by atoms with E-state index in [4.69, 9.17) is 13.9 Å². The van der Waals surface area contributed by atoms with Gasteiger partial charge in [-0.1, -0.05) is 0 Å². The molecule has 26 heavy (non-hydrogen) atoms. The number of ether oxygens (including phenoxy) is 2. The monoisotopic (exact) mass is 377 g/mol. The number of fused-ring (bicyclic) bond motifs is 1. The fourth-order valence-electron chi connectivity index (χ4n) is 3.34. The van der Waals surface area contributed by atoms with Crippen LogP contribution in [0.15, 0.2) is 41.0 Å². The van der Waals surface area contributed by atoms with Gasteiger partial charge in [0.2, 0.25) is 6.79 Å². The highest BCUT2D eigenvalue weighted by Gasteiger charge is 2.32. The average molecular weight is 377 g/mol. The van der Waals surface area contributed by atoms with Gasteiger partial charge in [-0.3, -0.25) is 4.79 Å². The van der Waals surface area contributed by atoms with E-state index in [1.165, 1.54) is 6.26 Å². The van der Waals surface area contributed by atoms with Crippen LogP contribution in [0.25, 0.3) is 0 Å². The number of benzene rings is 1. The molecule has 0 aliphatic carbocycles. The van der Waals surface area contributed by atoms with Crippen molar-refractivity contribution in [2.75, 3.05) is 19.9 Å². The molecule has 3 heterocycles. The SMILES string of the molecule is O=C(c1ccc2c(c1)OCO2)N1CCC(S(=O)(=O)Cc2ccco2)CC1. The molecule has 0 radical (unpaired) electrons. The minimum Gasteiger partial charge on any atom is -0.468 e. The van der Waals surface area contributed by atoms with E-state index in [0.717, 1.165) is 0 Å². The largest absolute Gasteiger partial charge is 0.468 e. The molecule has 0 saturated carbocycles. The number of amides is 1. The standard InChI is InChI=1S/C18H19NO6S/c20-18(13-3-4-16-17(10-13)25-12-24-16)19-7-5-15(6-8-19)26(21,22)11-14-2-1-9-23-14/h1-4,9-10,15H,5-8,11-12H2. The summed E-state index contributed by atoms with van der Waals surface area (Å²) in [6.45, 7) is 0.983. The van der Waals surface area contributed by atoms with E-state index < -0.39 is 15.1 Å². The van der Waals surface area contributed by atoms with Crippen molar-refractivity contribution in [3.05, 3.63) is 47.9 Å². The van der Waals surface area contributed by atoms with Crippen LogP contribution >= 0.6 is 0 Å². The maximum absolute atomic E-state index is 12.7. The number of sulfone groups is 1. The molecule has 7 nitrogen and oxygen atoms in total. The summed E-state index contributed by atoms with van der Waals surface area (Å²) in [7, 11) is -3.30. The molecule has 2 aliphatic heterocycles. The van der Waals surface area contributed by atoms with Crippen molar-refractivity contribution in [3.8, 4) is 11.5 Å². The summed E-state index contributed by atoms with van der Waals surface area (Å²) >= 11 is 0. The van der Waals surface area contributed by atoms with Crippen LogP contribution in [-0.4, -0.2) is 44.4 Å². The fourth-order valence-corrected chi connectivity index (χ4v) is 5.07. The minimum atomic E-state index is -3.30. The summed E-state index contributed by atoms with van der Waals surface area (Å²) < 4.78 is 40.8. The molecule has 8 heteroatoms. The number of carbonyl (C=O) groups is 1. The van der Waals surface area contributed by atoms with Crippen molar-refractivity contribution in [1.82, 2.24) is 4.90 Å². The van der Waals surface area contributed by atoms with E-state index in [1.54, 1.807) is 35.2 Å². The molecule has 2 aliphatic rings. The van der Waals surface area contributed by atoms with Crippen LogP contribution < -0.4 is 9.47 Å². The fraction of sp³-hybridized carbons (Fsp3) is 0.389. The lowest BCUT2D eigenvalue weighted by Crippen LogP contribution is -2.42. The molecule has 0 atom stereocenters. The molecular weight excluding hydrogens is 358 g/mol.